The Bertz CT molecular complexity index is 393. The van der Waals surface area contributed by atoms with Gasteiger partial charge in [-0.15, -0.1) is 18.5 Å². The summed E-state index contributed by atoms with van der Waals surface area (Å²) in [5.74, 6) is 0.920. The van der Waals surface area contributed by atoms with Gasteiger partial charge < -0.3 is 9.84 Å². The van der Waals surface area contributed by atoms with Crippen molar-refractivity contribution in [1.29, 1.82) is 0 Å². The molecule has 0 amide bonds. The van der Waals surface area contributed by atoms with Crippen LogP contribution in [0.1, 0.15) is 38.5 Å². The molecule has 4 aliphatic carbocycles. The number of aliphatic hydroxyl groups is 1. The molecule has 0 aromatic rings. The molecule has 19 heavy (non-hydrogen) atoms. The lowest BCUT2D eigenvalue weighted by atomic mass is 9.48. The van der Waals surface area contributed by atoms with Crippen molar-refractivity contribution in [1.82, 2.24) is 0 Å². The molecule has 6 heteroatoms. The highest BCUT2D eigenvalue weighted by atomic mass is 32.1. The Morgan fingerprint density at radius 1 is 1.32 bits per heavy atom. The second kappa shape index (κ2) is 4.57. The Labute approximate surface area is 124 Å². The molecule has 3 nitrogen and oxygen atoms in total. The third-order valence-electron chi connectivity index (χ3n) is 4.99. The predicted octanol–water partition coefficient (Wildman–Crippen LogP) is 2.19. The molecule has 4 unspecified atom stereocenters. The molecule has 0 aromatic heterocycles. The predicted molar refractivity (Wildman–Crippen MR) is 84.2 cm³/mol. The van der Waals surface area contributed by atoms with Crippen molar-refractivity contribution in [3.8, 4) is 0 Å². The van der Waals surface area contributed by atoms with Crippen LogP contribution < -0.4 is 0 Å². The minimum Gasteiger partial charge on any atom is -0.464 e. The molecule has 0 heterocycles. The van der Waals surface area contributed by atoms with Crippen LogP contribution in [0.15, 0.2) is 0 Å². The van der Waals surface area contributed by atoms with Crippen LogP contribution in [0.2, 0.25) is 0 Å². The zero-order valence-corrected chi connectivity index (χ0v) is 14.2. The first-order chi connectivity index (χ1) is 8.70. The van der Waals surface area contributed by atoms with E-state index in [0.717, 1.165) is 32.1 Å². The average molecular weight is 320 g/mol. The number of thiol groups is 1. The topological polar surface area (TPSA) is 46.5 Å². The van der Waals surface area contributed by atoms with Crippen LogP contribution in [0.4, 0.5) is 0 Å². The lowest BCUT2D eigenvalue weighted by Gasteiger charge is -2.59. The van der Waals surface area contributed by atoms with Gasteiger partial charge in [0.05, 0.1) is 12.2 Å². The second-order valence-electron chi connectivity index (χ2n) is 7.09. The molecule has 4 bridgehead atoms. The van der Waals surface area contributed by atoms with Gasteiger partial charge in [-0.05, 0) is 50.4 Å². The fourth-order valence-corrected chi connectivity index (χ4v) is 5.14. The fraction of sp³-hybridized carbons (Fsp3) is 0.923. The number of esters is 1. The van der Waals surface area contributed by atoms with Gasteiger partial charge in [0.1, 0.15) is 4.23 Å². The Balaban J connectivity index is 1.69. The molecule has 4 aliphatic rings. The van der Waals surface area contributed by atoms with Crippen LogP contribution in [0, 0.1) is 17.3 Å². The van der Waals surface area contributed by atoms with Crippen molar-refractivity contribution >= 4 is 37.1 Å². The van der Waals surface area contributed by atoms with Crippen molar-refractivity contribution in [2.75, 3.05) is 6.61 Å². The minimum atomic E-state index is -0.904. The van der Waals surface area contributed by atoms with Gasteiger partial charge in [0.2, 0.25) is 0 Å². The Morgan fingerprint density at radius 3 is 2.37 bits per heavy atom. The molecule has 4 atom stereocenters. The standard InChI is InChI=1S/C13H22O3P2S/c14-10(13(17,18)19)16-7-11-2-8-1-9(3-11)5-12(15,4-8)6-11/h8-9,15,19H,1-7,17-18H2. The van der Waals surface area contributed by atoms with E-state index in [1.807, 2.05) is 0 Å². The normalized spacial score (nSPS) is 44.4. The highest BCUT2D eigenvalue weighted by Crippen LogP contribution is 2.61. The van der Waals surface area contributed by atoms with Gasteiger partial charge in [-0.1, -0.05) is 0 Å². The summed E-state index contributed by atoms with van der Waals surface area (Å²) in [6.07, 6.45) is 6.15. The van der Waals surface area contributed by atoms with Gasteiger partial charge in [-0.3, -0.25) is 0 Å². The molecule has 108 valence electrons. The molecule has 0 saturated heterocycles. The van der Waals surface area contributed by atoms with E-state index in [-0.39, 0.29) is 11.4 Å². The monoisotopic (exact) mass is 320 g/mol. The van der Waals surface area contributed by atoms with Gasteiger partial charge in [0.15, 0.2) is 0 Å². The van der Waals surface area contributed by atoms with E-state index in [0.29, 0.717) is 18.4 Å². The summed E-state index contributed by atoms with van der Waals surface area (Å²) in [5, 5.41) is 10.6. The molecule has 0 spiro atoms. The second-order valence-corrected chi connectivity index (χ2v) is 11.3. The molecule has 0 aliphatic heterocycles. The number of hydrogen-bond acceptors (Lipinski definition) is 4. The Morgan fingerprint density at radius 2 is 1.89 bits per heavy atom. The molecular weight excluding hydrogens is 298 g/mol. The summed E-state index contributed by atoms with van der Waals surface area (Å²) in [7, 11) is 4.73. The molecular formula is C13H22O3P2S. The first kappa shape index (κ1) is 14.6. The third kappa shape index (κ3) is 2.84. The van der Waals surface area contributed by atoms with Crippen molar-refractivity contribution in [3.63, 3.8) is 0 Å². The zero-order chi connectivity index (χ0) is 13.9. The summed E-state index contributed by atoms with van der Waals surface area (Å²) in [5.41, 5.74) is -0.473. The van der Waals surface area contributed by atoms with Gasteiger partial charge in [0, 0.05) is 5.41 Å². The lowest BCUT2D eigenvalue weighted by Crippen LogP contribution is -2.57. The fourth-order valence-electron chi connectivity index (χ4n) is 4.91. The first-order valence-corrected chi connectivity index (χ1v) is 8.50. The van der Waals surface area contributed by atoms with E-state index in [9.17, 15) is 9.90 Å². The number of carbonyl (C=O) groups excluding carboxylic acids is 1. The Hall–Kier alpha value is 0.640. The van der Waals surface area contributed by atoms with Crippen LogP contribution >= 0.6 is 31.1 Å². The maximum atomic E-state index is 11.8. The van der Waals surface area contributed by atoms with E-state index in [4.69, 9.17) is 4.74 Å². The largest absolute Gasteiger partial charge is 0.464 e. The summed E-state index contributed by atoms with van der Waals surface area (Å²) < 4.78 is 4.56. The number of rotatable bonds is 3. The van der Waals surface area contributed by atoms with Crippen molar-refractivity contribution in [2.24, 2.45) is 17.3 Å². The van der Waals surface area contributed by atoms with Crippen molar-refractivity contribution < 1.29 is 14.6 Å². The highest BCUT2D eigenvalue weighted by Gasteiger charge is 2.57. The maximum absolute atomic E-state index is 11.8. The molecule has 1 N–H and O–H groups in total. The van der Waals surface area contributed by atoms with Crippen molar-refractivity contribution in [3.05, 3.63) is 0 Å². The lowest BCUT2D eigenvalue weighted by molar-refractivity contribution is -0.186. The first-order valence-electron chi connectivity index (χ1n) is 6.90. The third-order valence-corrected chi connectivity index (χ3v) is 5.64. The maximum Gasteiger partial charge on any atom is 0.329 e. The minimum absolute atomic E-state index is 0.0167. The summed E-state index contributed by atoms with van der Waals surface area (Å²) in [6.45, 7) is 0.437. The van der Waals surface area contributed by atoms with E-state index in [1.54, 1.807) is 0 Å². The average Bonchev–Trinajstić information content (AvgIpc) is 2.21. The van der Waals surface area contributed by atoms with Gasteiger partial charge in [-0.2, -0.15) is 12.6 Å². The molecule has 0 radical (unpaired) electrons. The van der Waals surface area contributed by atoms with Crippen LogP contribution in [-0.4, -0.2) is 27.5 Å². The van der Waals surface area contributed by atoms with Gasteiger partial charge in [-0.25, -0.2) is 4.79 Å². The number of carbonyl (C=O) groups is 1. The number of hydrogen-bond donors (Lipinski definition) is 2. The highest BCUT2D eigenvalue weighted by molar-refractivity contribution is 7.94. The van der Waals surface area contributed by atoms with E-state index >= 15 is 0 Å². The SMILES string of the molecule is O=C(OCC12CC3CC(CC(O)(C3)C1)C2)C(P)(P)S. The Kier molecular flexibility index (Phi) is 3.50. The smallest absolute Gasteiger partial charge is 0.329 e. The summed E-state index contributed by atoms with van der Waals surface area (Å²) in [4.78, 5) is 11.8. The van der Waals surface area contributed by atoms with Crippen LogP contribution in [-0.2, 0) is 9.53 Å². The van der Waals surface area contributed by atoms with E-state index in [2.05, 4.69) is 31.1 Å². The van der Waals surface area contributed by atoms with Gasteiger partial charge in [0.25, 0.3) is 0 Å². The molecule has 4 rings (SSSR count). The zero-order valence-electron chi connectivity index (χ0n) is 11.0. The number of ether oxygens (including phenoxy) is 1. The summed E-state index contributed by atoms with van der Waals surface area (Å²) >= 11 is 4.18. The summed E-state index contributed by atoms with van der Waals surface area (Å²) in [6, 6.07) is 0. The van der Waals surface area contributed by atoms with Gasteiger partial charge >= 0.3 is 5.97 Å². The van der Waals surface area contributed by atoms with Crippen LogP contribution in [0.3, 0.4) is 0 Å². The van der Waals surface area contributed by atoms with E-state index < -0.39 is 9.83 Å². The molecule has 4 saturated carbocycles. The molecule has 4 fully saturated rings. The quantitative estimate of drug-likeness (QED) is 0.476. The van der Waals surface area contributed by atoms with Crippen LogP contribution in [0.25, 0.3) is 0 Å². The molecule has 0 aromatic carbocycles. The van der Waals surface area contributed by atoms with Crippen LogP contribution in [0.5, 0.6) is 0 Å². The van der Waals surface area contributed by atoms with E-state index in [1.165, 1.54) is 6.42 Å². The van der Waals surface area contributed by atoms with Crippen molar-refractivity contribution in [2.45, 2.75) is 48.4 Å².